The lowest BCUT2D eigenvalue weighted by Gasteiger charge is -1.86. The summed E-state index contributed by atoms with van der Waals surface area (Å²) in [5, 5.41) is -0.602. The van der Waals surface area contributed by atoms with Crippen LogP contribution in [-0.4, -0.2) is 6.43 Å². The van der Waals surface area contributed by atoms with Crippen molar-refractivity contribution >= 4 is 11.6 Å². The summed E-state index contributed by atoms with van der Waals surface area (Å²) < 4.78 is 21.9. The van der Waals surface area contributed by atoms with Gasteiger partial charge in [-0.05, 0) is 0 Å². The smallest absolute Gasteiger partial charge is 0.204 e. The predicted molar refractivity (Wildman–Crippen MR) is 21.0 cm³/mol. The Morgan fingerprint density at radius 2 is 1.83 bits per heavy atom. The monoisotopic (exact) mass is 112 g/mol. The Kier molecular flexibility index (Phi) is 2.09. The molecule has 0 N–H and O–H groups in total. The SMILES string of the molecule is C=C(Cl)C(F)F. The average Bonchev–Trinajstić information content (AvgIpc) is 1.36. The van der Waals surface area contributed by atoms with Gasteiger partial charge in [-0.3, -0.25) is 0 Å². The zero-order chi connectivity index (χ0) is 5.15. The second-order valence-electron chi connectivity index (χ2n) is 0.748. The zero-order valence-electron chi connectivity index (χ0n) is 2.92. The Morgan fingerprint density at radius 1 is 1.67 bits per heavy atom. The van der Waals surface area contributed by atoms with Crippen LogP contribution in [0, 0.1) is 0 Å². The average molecular weight is 113 g/mol. The summed E-state index contributed by atoms with van der Waals surface area (Å²) in [6.07, 6.45) is -2.58. The van der Waals surface area contributed by atoms with Gasteiger partial charge in [-0.2, -0.15) is 0 Å². The molecule has 6 heavy (non-hydrogen) atoms. The van der Waals surface area contributed by atoms with Crippen molar-refractivity contribution in [3.8, 4) is 0 Å². The van der Waals surface area contributed by atoms with Gasteiger partial charge in [-0.1, -0.05) is 18.2 Å². The highest BCUT2D eigenvalue weighted by atomic mass is 35.5. The van der Waals surface area contributed by atoms with Gasteiger partial charge in [0.2, 0.25) is 0 Å². The van der Waals surface area contributed by atoms with Gasteiger partial charge < -0.3 is 0 Å². The van der Waals surface area contributed by atoms with E-state index in [1.807, 2.05) is 0 Å². The van der Waals surface area contributed by atoms with Crippen LogP contribution in [-0.2, 0) is 0 Å². The second-order valence-corrected chi connectivity index (χ2v) is 1.23. The van der Waals surface area contributed by atoms with Crippen molar-refractivity contribution in [1.29, 1.82) is 0 Å². The standard InChI is InChI=1S/C3H3ClF2/c1-2(4)3(5)6/h3H,1H2. The number of hydrogen-bond acceptors (Lipinski definition) is 0. The van der Waals surface area contributed by atoms with E-state index in [4.69, 9.17) is 0 Å². The molecule has 0 saturated carbocycles. The minimum atomic E-state index is -2.58. The van der Waals surface area contributed by atoms with Crippen LogP contribution >= 0.6 is 11.6 Å². The third kappa shape index (κ3) is 2.15. The Morgan fingerprint density at radius 3 is 1.83 bits per heavy atom. The fourth-order valence-electron chi connectivity index (χ4n) is 0. The van der Waals surface area contributed by atoms with E-state index in [9.17, 15) is 8.78 Å². The molecule has 0 fully saturated rings. The predicted octanol–water partition coefficient (Wildman–Crippen LogP) is 2.00. The van der Waals surface area contributed by atoms with Gasteiger partial charge in [0.25, 0.3) is 6.43 Å². The molecule has 0 aliphatic carbocycles. The van der Waals surface area contributed by atoms with Gasteiger partial charge in [0.1, 0.15) is 0 Å². The molecular formula is C3H3ClF2. The molecule has 0 spiro atoms. The topological polar surface area (TPSA) is 0 Å². The summed E-state index contributed by atoms with van der Waals surface area (Å²) >= 11 is 4.67. The van der Waals surface area contributed by atoms with Crippen LogP contribution in [0.3, 0.4) is 0 Å². The first-order valence-electron chi connectivity index (χ1n) is 1.27. The van der Waals surface area contributed by atoms with E-state index in [0.29, 0.717) is 0 Å². The Labute approximate surface area is 39.4 Å². The molecule has 36 valence electrons. The van der Waals surface area contributed by atoms with Crippen LogP contribution in [0.2, 0.25) is 0 Å². The molecule has 0 unspecified atom stereocenters. The highest BCUT2D eigenvalue weighted by Crippen LogP contribution is 2.08. The fraction of sp³-hybridized carbons (Fsp3) is 0.333. The summed E-state index contributed by atoms with van der Waals surface area (Å²) in [4.78, 5) is 0. The van der Waals surface area contributed by atoms with Crippen molar-refractivity contribution in [2.24, 2.45) is 0 Å². The van der Waals surface area contributed by atoms with Crippen LogP contribution < -0.4 is 0 Å². The molecule has 0 saturated heterocycles. The Balaban J connectivity index is 3.26. The van der Waals surface area contributed by atoms with E-state index in [1.165, 1.54) is 0 Å². The van der Waals surface area contributed by atoms with E-state index >= 15 is 0 Å². The minimum absolute atomic E-state index is 0.602. The van der Waals surface area contributed by atoms with Crippen molar-refractivity contribution in [3.63, 3.8) is 0 Å². The van der Waals surface area contributed by atoms with Crippen molar-refractivity contribution < 1.29 is 8.78 Å². The molecule has 0 aromatic rings. The molecule has 0 heterocycles. The van der Waals surface area contributed by atoms with Gasteiger partial charge in [0.15, 0.2) is 0 Å². The Bertz CT molecular complexity index is 59.8. The molecule has 0 aromatic carbocycles. The van der Waals surface area contributed by atoms with Crippen LogP contribution in [0.15, 0.2) is 11.6 Å². The third-order valence-electron chi connectivity index (χ3n) is 0.237. The number of hydrogen-bond donors (Lipinski definition) is 0. The highest BCUT2D eigenvalue weighted by Gasteiger charge is 2.01. The summed E-state index contributed by atoms with van der Waals surface area (Å²) in [6, 6.07) is 0. The highest BCUT2D eigenvalue weighted by molar-refractivity contribution is 6.29. The maximum atomic E-state index is 10.9. The van der Waals surface area contributed by atoms with Crippen LogP contribution in [0.1, 0.15) is 0 Å². The largest absolute Gasteiger partial charge is 0.273 e. The van der Waals surface area contributed by atoms with Gasteiger partial charge in [0.05, 0.1) is 5.03 Å². The molecule has 3 heteroatoms. The first-order chi connectivity index (χ1) is 2.64. The van der Waals surface area contributed by atoms with E-state index < -0.39 is 11.5 Å². The minimum Gasteiger partial charge on any atom is -0.204 e. The van der Waals surface area contributed by atoms with Gasteiger partial charge in [-0.15, -0.1) is 0 Å². The second kappa shape index (κ2) is 2.13. The molecule has 0 aliphatic heterocycles. The van der Waals surface area contributed by atoms with E-state index in [1.54, 1.807) is 0 Å². The van der Waals surface area contributed by atoms with Gasteiger partial charge >= 0.3 is 0 Å². The lowest BCUT2D eigenvalue weighted by Crippen LogP contribution is -1.83. The van der Waals surface area contributed by atoms with Crippen molar-refractivity contribution in [2.45, 2.75) is 6.43 Å². The third-order valence-corrected chi connectivity index (χ3v) is 0.402. The van der Waals surface area contributed by atoms with Crippen LogP contribution in [0.5, 0.6) is 0 Å². The van der Waals surface area contributed by atoms with Gasteiger partial charge in [-0.25, -0.2) is 8.78 Å². The van der Waals surface area contributed by atoms with Crippen LogP contribution in [0.25, 0.3) is 0 Å². The summed E-state index contributed by atoms with van der Waals surface area (Å²) in [5.41, 5.74) is 0. The number of rotatable bonds is 1. The zero-order valence-corrected chi connectivity index (χ0v) is 3.67. The molecule has 0 nitrogen and oxygen atoms in total. The Hall–Kier alpha value is -0.110. The number of allylic oxidation sites excluding steroid dienone is 1. The normalized spacial score (nSPS) is 9.33. The maximum Gasteiger partial charge on any atom is 0.273 e. The molecule has 0 atom stereocenters. The molecule has 0 bridgehead atoms. The molecule has 0 aliphatic rings. The fourth-order valence-corrected chi connectivity index (χ4v) is 0. The molecule has 0 aromatic heterocycles. The maximum absolute atomic E-state index is 10.9. The van der Waals surface area contributed by atoms with E-state index in [-0.39, 0.29) is 0 Å². The number of halogens is 3. The lowest BCUT2D eigenvalue weighted by atomic mass is 10.7. The first-order valence-corrected chi connectivity index (χ1v) is 1.65. The van der Waals surface area contributed by atoms with E-state index in [2.05, 4.69) is 18.2 Å². The van der Waals surface area contributed by atoms with Crippen LogP contribution in [0.4, 0.5) is 8.78 Å². The quantitative estimate of drug-likeness (QED) is 0.487. The van der Waals surface area contributed by atoms with Crippen molar-refractivity contribution in [3.05, 3.63) is 11.6 Å². The molecule has 0 amide bonds. The molecule has 0 rings (SSSR count). The van der Waals surface area contributed by atoms with Gasteiger partial charge in [0, 0.05) is 0 Å². The molecular weight excluding hydrogens is 109 g/mol. The summed E-state index contributed by atoms with van der Waals surface area (Å²) in [5.74, 6) is 0. The first kappa shape index (κ1) is 5.89. The summed E-state index contributed by atoms with van der Waals surface area (Å²) in [6.45, 7) is 2.77. The van der Waals surface area contributed by atoms with E-state index in [0.717, 1.165) is 0 Å². The number of alkyl halides is 2. The lowest BCUT2D eigenvalue weighted by molar-refractivity contribution is 0.199. The van der Waals surface area contributed by atoms with Crippen molar-refractivity contribution in [1.82, 2.24) is 0 Å². The molecule has 0 radical (unpaired) electrons. The summed E-state index contributed by atoms with van der Waals surface area (Å²) in [7, 11) is 0. The van der Waals surface area contributed by atoms with Crippen molar-refractivity contribution in [2.75, 3.05) is 0 Å².